The number of nitrogens with zero attached hydrogens (tertiary/aromatic N) is 1. The van der Waals surface area contributed by atoms with Crippen molar-refractivity contribution >= 4 is 10.9 Å². The van der Waals surface area contributed by atoms with Gasteiger partial charge in [0.2, 0.25) is 0 Å². The fraction of sp³-hybridized carbons (Fsp3) is 0.333. The van der Waals surface area contributed by atoms with Crippen LogP contribution in [-0.4, -0.2) is 11.2 Å². The zero-order valence-corrected chi connectivity index (χ0v) is 10.4. The lowest BCUT2D eigenvalue weighted by molar-refractivity contribution is 0.321. The summed E-state index contributed by atoms with van der Waals surface area (Å²) in [4.78, 5) is 0. The number of hydrogen-bond acceptors (Lipinski definition) is 1. The Morgan fingerprint density at radius 1 is 1.35 bits per heavy atom. The van der Waals surface area contributed by atoms with Crippen LogP contribution in [0.1, 0.15) is 19.8 Å². The van der Waals surface area contributed by atoms with Gasteiger partial charge in [-0.1, -0.05) is 19.1 Å². The van der Waals surface area contributed by atoms with Crippen LogP contribution >= 0.6 is 0 Å². The van der Waals surface area contributed by atoms with Crippen LogP contribution in [0.25, 0.3) is 10.9 Å². The van der Waals surface area contributed by atoms with E-state index in [1.54, 1.807) is 0 Å². The molecule has 0 N–H and O–H groups in total. The van der Waals surface area contributed by atoms with Crippen LogP contribution in [0.4, 0.5) is 0 Å². The summed E-state index contributed by atoms with van der Waals surface area (Å²) < 4.78 is 8.00. The summed E-state index contributed by atoms with van der Waals surface area (Å²) in [5, 5.41) is 1.20. The highest BCUT2D eigenvalue weighted by Crippen LogP contribution is 2.26. The van der Waals surface area contributed by atoms with Gasteiger partial charge in [0.15, 0.2) is 0 Å². The van der Waals surface area contributed by atoms with E-state index in [4.69, 9.17) is 4.74 Å². The van der Waals surface area contributed by atoms with Gasteiger partial charge in [-0.25, -0.2) is 0 Å². The maximum absolute atomic E-state index is 5.75. The average Bonchev–Trinajstić information content (AvgIpc) is 2.77. The Labute approximate surface area is 103 Å². The summed E-state index contributed by atoms with van der Waals surface area (Å²) >= 11 is 0. The molecule has 2 heteroatoms. The summed E-state index contributed by atoms with van der Waals surface area (Å²) in [7, 11) is 0. The number of aryl methyl sites for hydroxylation is 1. The van der Waals surface area contributed by atoms with Crippen molar-refractivity contribution in [3.63, 3.8) is 0 Å². The zero-order chi connectivity index (χ0) is 12.1. The van der Waals surface area contributed by atoms with Gasteiger partial charge in [0.05, 0.1) is 12.1 Å². The van der Waals surface area contributed by atoms with E-state index in [-0.39, 0.29) is 0 Å². The lowest BCUT2D eigenvalue weighted by atomic mass is 10.2. The highest BCUT2D eigenvalue weighted by molar-refractivity contribution is 5.86. The Kier molecular flexibility index (Phi) is 3.86. The number of ether oxygens (including phenoxy) is 1. The fourth-order valence-corrected chi connectivity index (χ4v) is 1.96. The molecule has 0 amide bonds. The predicted octanol–water partition coefficient (Wildman–Crippen LogP) is 4.01. The van der Waals surface area contributed by atoms with Gasteiger partial charge >= 0.3 is 0 Å². The van der Waals surface area contributed by atoms with Crippen molar-refractivity contribution in [1.82, 2.24) is 4.57 Å². The number of hydrogen-bond donors (Lipinski definition) is 0. The lowest BCUT2D eigenvalue weighted by Gasteiger charge is -2.07. The molecular formula is C15H19NO. The van der Waals surface area contributed by atoms with Crippen LogP contribution in [0.3, 0.4) is 0 Å². The minimum atomic E-state index is 0.775. The monoisotopic (exact) mass is 229 g/mol. The van der Waals surface area contributed by atoms with E-state index in [0.717, 1.165) is 31.7 Å². The van der Waals surface area contributed by atoms with Gasteiger partial charge in [-0.05, 0) is 31.0 Å². The van der Waals surface area contributed by atoms with E-state index >= 15 is 0 Å². The molecule has 0 aliphatic rings. The van der Waals surface area contributed by atoms with Crippen molar-refractivity contribution in [2.45, 2.75) is 26.3 Å². The molecule has 0 fully saturated rings. The van der Waals surface area contributed by atoms with E-state index in [9.17, 15) is 0 Å². The minimum Gasteiger partial charge on any atom is -0.493 e. The van der Waals surface area contributed by atoms with Crippen LogP contribution in [0.2, 0.25) is 0 Å². The highest BCUT2D eigenvalue weighted by atomic mass is 16.5. The first-order valence-electron chi connectivity index (χ1n) is 6.18. The average molecular weight is 229 g/mol. The van der Waals surface area contributed by atoms with Crippen LogP contribution < -0.4 is 4.74 Å². The maximum Gasteiger partial charge on any atom is 0.128 e. The molecule has 2 rings (SSSR count). The van der Waals surface area contributed by atoms with Gasteiger partial charge in [0, 0.05) is 18.1 Å². The minimum absolute atomic E-state index is 0.775. The molecular weight excluding hydrogens is 210 g/mol. The molecule has 0 saturated heterocycles. The summed E-state index contributed by atoms with van der Waals surface area (Å²) in [6.07, 6.45) is 6.09. The van der Waals surface area contributed by atoms with Gasteiger partial charge in [-0.15, -0.1) is 6.58 Å². The molecule has 90 valence electrons. The molecule has 0 spiro atoms. The van der Waals surface area contributed by atoms with Crippen molar-refractivity contribution in [3.8, 4) is 5.75 Å². The van der Waals surface area contributed by atoms with Crippen molar-refractivity contribution in [2.24, 2.45) is 0 Å². The lowest BCUT2D eigenvalue weighted by Crippen LogP contribution is -1.97. The molecule has 0 unspecified atom stereocenters. The topological polar surface area (TPSA) is 14.2 Å². The zero-order valence-electron chi connectivity index (χ0n) is 10.4. The van der Waals surface area contributed by atoms with Gasteiger partial charge < -0.3 is 9.30 Å². The Morgan fingerprint density at radius 2 is 2.24 bits per heavy atom. The smallest absolute Gasteiger partial charge is 0.128 e. The van der Waals surface area contributed by atoms with Crippen LogP contribution in [0.15, 0.2) is 43.1 Å². The standard InChI is InChI=1S/C15H19NO/c1-3-5-10-16-11-9-13-14(16)7-6-8-15(13)17-12-4-2/h3,6-9,11H,1,4-5,10,12H2,2H3. The molecule has 2 nitrogen and oxygen atoms in total. The van der Waals surface area contributed by atoms with Gasteiger partial charge in [0.25, 0.3) is 0 Å². The first-order valence-corrected chi connectivity index (χ1v) is 6.18. The van der Waals surface area contributed by atoms with Gasteiger partial charge in [0.1, 0.15) is 5.75 Å². The van der Waals surface area contributed by atoms with Crippen LogP contribution in [-0.2, 0) is 6.54 Å². The molecule has 0 radical (unpaired) electrons. The molecule has 0 bridgehead atoms. The number of benzene rings is 1. The maximum atomic E-state index is 5.75. The van der Waals surface area contributed by atoms with Crippen molar-refractivity contribution in [1.29, 1.82) is 0 Å². The molecule has 1 heterocycles. The van der Waals surface area contributed by atoms with Crippen molar-refractivity contribution in [3.05, 3.63) is 43.1 Å². The van der Waals surface area contributed by atoms with E-state index in [0.29, 0.717) is 0 Å². The summed E-state index contributed by atoms with van der Waals surface area (Å²) in [5.41, 5.74) is 1.24. The SMILES string of the molecule is C=CCCn1ccc2c(OCCC)cccc21. The highest BCUT2D eigenvalue weighted by Gasteiger charge is 2.05. The second kappa shape index (κ2) is 5.58. The Balaban J connectivity index is 2.31. The normalized spacial score (nSPS) is 10.6. The third kappa shape index (κ3) is 2.52. The molecule has 0 aliphatic heterocycles. The second-order valence-electron chi connectivity index (χ2n) is 4.12. The van der Waals surface area contributed by atoms with E-state index < -0.39 is 0 Å². The van der Waals surface area contributed by atoms with Crippen LogP contribution in [0.5, 0.6) is 5.75 Å². The number of rotatable bonds is 6. The molecule has 17 heavy (non-hydrogen) atoms. The number of allylic oxidation sites excluding steroid dienone is 1. The third-order valence-corrected chi connectivity index (χ3v) is 2.81. The fourth-order valence-electron chi connectivity index (χ4n) is 1.96. The first-order chi connectivity index (χ1) is 8.36. The summed E-state index contributed by atoms with van der Waals surface area (Å²) in [6, 6.07) is 8.36. The second-order valence-corrected chi connectivity index (χ2v) is 4.12. The van der Waals surface area contributed by atoms with E-state index in [1.165, 1.54) is 10.9 Å². The Bertz CT molecular complexity index is 499. The Morgan fingerprint density at radius 3 is 3.00 bits per heavy atom. The van der Waals surface area contributed by atoms with E-state index in [2.05, 4.69) is 42.5 Å². The van der Waals surface area contributed by atoms with E-state index in [1.807, 2.05) is 12.1 Å². The van der Waals surface area contributed by atoms with Crippen molar-refractivity contribution in [2.75, 3.05) is 6.61 Å². The third-order valence-electron chi connectivity index (χ3n) is 2.81. The molecule has 1 aromatic heterocycles. The predicted molar refractivity (Wildman–Crippen MR) is 72.5 cm³/mol. The summed E-state index contributed by atoms with van der Waals surface area (Å²) in [6.45, 7) is 7.63. The molecule has 0 saturated carbocycles. The molecule has 1 aromatic carbocycles. The van der Waals surface area contributed by atoms with Crippen molar-refractivity contribution < 1.29 is 4.74 Å². The van der Waals surface area contributed by atoms with Gasteiger partial charge in [-0.3, -0.25) is 0 Å². The first kappa shape index (κ1) is 11.8. The largest absolute Gasteiger partial charge is 0.493 e. The number of fused-ring (bicyclic) bond motifs is 1. The quantitative estimate of drug-likeness (QED) is 0.683. The molecule has 0 aliphatic carbocycles. The van der Waals surface area contributed by atoms with Gasteiger partial charge in [-0.2, -0.15) is 0 Å². The Hall–Kier alpha value is -1.70. The van der Waals surface area contributed by atoms with Crippen LogP contribution in [0, 0.1) is 0 Å². The molecule has 2 aromatic rings. The summed E-state index contributed by atoms with van der Waals surface area (Å²) in [5.74, 6) is 0.988. The molecule has 0 atom stereocenters. The number of aromatic nitrogens is 1.